The summed E-state index contributed by atoms with van der Waals surface area (Å²) >= 11 is 6.94. The van der Waals surface area contributed by atoms with Gasteiger partial charge in [0.1, 0.15) is 10.8 Å². The zero-order valence-corrected chi connectivity index (χ0v) is 12.7. The highest BCUT2D eigenvalue weighted by Crippen LogP contribution is 2.34. The molecule has 0 spiro atoms. The molecule has 3 nitrogen and oxygen atoms in total. The minimum Gasteiger partial charge on any atom is -0.495 e. The van der Waals surface area contributed by atoms with Crippen LogP contribution in [0, 0.1) is 0 Å². The summed E-state index contributed by atoms with van der Waals surface area (Å²) in [5.74, 6) is 0.511. The van der Waals surface area contributed by atoms with Crippen LogP contribution in [0.5, 0.6) is 5.75 Å². The number of methoxy groups -OCH3 is 1. The Kier molecular flexibility index (Phi) is 3.70. The van der Waals surface area contributed by atoms with Crippen molar-refractivity contribution in [1.82, 2.24) is 9.97 Å². The number of thiazole rings is 1. The summed E-state index contributed by atoms with van der Waals surface area (Å²) in [5.41, 5.74) is 0.0171. The highest BCUT2D eigenvalue weighted by atomic mass is 35.5. The Hall–Kier alpha value is -1.86. The van der Waals surface area contributed by atoms with E-state index >= 15 is 0 Å². The van der Waals surface area contributed by atoms with Gasteiger partial charge in [-0.3, -0.25) is 0 Å². The molecule has 0 aliphatic rings. The van der Waals surface area contributed by atoms with Gasteiger partial charge in [0.15, 0.2) is 5.69 Å². The number of rotatable bonds is 2. The number of aromatic nitrogens is 2. The van der Waals surface area contributed by atoms with Gasteiger partial charge in [-0.25, -0.2) is 9.97 Å². The zero-order chi connectivity index (χ0) is 15.9. The molecule has 114 valence electrons. The molecule has 0 fully saturated rings. The van der Waals surface area contributed by atoms with E-state index in [4.69, 9.17) is 16.3 Å². The lowest BCUT2D eigenvalue weighted by molar-refractivity contribution is -0.140. The van der Waals surface area contributed by atoms with Crippen LogP contribution in [-0.2, 0) is 6.18 Å². The number of ether oxygens (including phenoxy) is 1. The van der Waals surface area contributed by atoms with Gasteiger partial charge < -0.3 is 4.74 Å². The number of hydrogen-bond acceptors (Lipinski definition) is 4. The number of benzene rings is 1. The fraction of sp³-hybridized carbons (Fsp3) is 0.143. The minimum atomic E-state index is -4.46. The lowest BCUT2D eigenvalue weighted by Crippen LogP contribution is -2.04. The molecule has 0 saturated heterocycles. The molecule has 0 radical (unpaired) electrons. The average Bonchev–Trinajstić information content (AvgIpc) is 2.95. The molecule has 0 unspecified atom stereocenters. The summed E-state index contributed by atoms with van der Waals surface area (Å²) in [7, 11) is 1.50. The topological polar surface area (TPSA) is 35.0 Å². The number of hydrogen-bond donors (Lipinski definition) is 0. The number of fused-ring (bicyclic) bond motifs is 1. The largest absolute Gasteiger partial charge is 0.495 e. The van der Waals surface area contributed by atoms with Gasteiger partial charge in [0.25, 0.3) is 0 Å². The summed E-state index contributed by atoms with van der Waals surface area (Å²) < 4.78 is 42.9. The Morgan fingerprint density at radius 1 is 1.18 bits per heavy atom. The predicted molar refractivity (Wildman–Crippen MR) is 79.4 cm³/mol. The molecule has 0 bridgehead atoms. The minimum absolute atomic E-state index is 0.209. The molecule has 2 heterocycles. The highest BCUT2D eigenvalue weighted by molar-refractivity contribution is 7.13. The van der Waals surface area contributed by atoms with E-state index in [0.29, 0.717) is 22.0 Å². The van der Waals surface area contributed by atoms with E-state index in [1.54, 1.807) is 24.3 Å². The third-order valence-corrected chi connectivity index (χ3v) is 4.14. The van der Waals surface area contributed by atoms with E-state index in [9.17, 15) is 13.2 Å². The van der Waals surface area contributed by atoms with Crippen molar-refractivity contribution in [2.24, 2.45) is 0 Å². The summed E-state index contributed by atoms with van der Waals surface area (Å²) in [6.45, 7) is 0. The Labute approximate surface area is 132 Å². The molecule has 0 aliphatic carbocycles. The first-order valence-corrected chi connectivity index (χ1v) is 7.31. The molecule has 22 heavy (non-hydrogen) atoms. The van der Waals surface area contributed by atoms with Gasteiger partial charge in [-0.1, -0.05) is 17.7 Å². The lowest BCUT2D eigenvalue weighted by Gasteiger charge is -2.06. The van der Waals surface area contributed by atoms with Gasteiger partial charge in [-0.2, -0.15) is 13.2 Å². The van der Waals surface area contributed by atoms with Crippen LogP contribution in [0.3, 0.4) is 0 Å². The predicted octanol–water partition coefficient (Wildman–Crippen LogP) is 5.04. The Bertz CT molecular complexity index is 848. The second-order valence-corrected chi connectivity index (χ2v) is 5.68. The fourth-order valence-electron chi connectivity index (χ4n) is 1.92. The van der Waals surface area contributed by atoms with Gasteiger partial charge in [0, 0.05) is 10.8 Å². The monoisotopic (exact) mass is 344 g/mol. The van der Waals surface area contributed by atoms with Crippen molar-refractivity contribution in [1.29, 1.82) is 0 Å². The van der Waals surface area contributed by atoms with Gasteiger partial charge in [-0.15, -0.1) is 11.3 Å². The number of halogens is 4. The van der Waals surface area contributed by atoms with Crippen molar-refractivity contribution >= 4 is 33.8 Å². The van der Waals surface area contributed by atoms with E-state index in [2.05, 4.69) is 9.97 Å². The second-order valence-electron chi connectivity index (χ2n) is 4.41. The number of nitrogens with zero attached hydrogens (tertiary/aromatic N) is 2. The number of alkyl halides is 3. The van der Waals surface area contributed by atoms with Crippen LogP contribution in [0.25, 0.3) is 21.6 Å². The Morgan fingerprint density at radius 3 is 2.59 bits per heavy atom. The molecule has 0 aliphatic heterocycles. The van der Waals surface area contributed by atoms with E-state index in [-0.39, 0.29) is 5.01 Å². The zero-order valence-electron chi connectivity index (χ0n) is 11.1. The van der Waals surface area contributed by atoms with Crippen LogP contribution in [0.4, 0.5) is 13.2 Å². The van der Waals surface area contributed by atoms with Crippen molar-refractivity contribution in [3.8, 4) is 16.5 Å². The maximum absolute atomic E-state index is 12.6. The van der Waals surface area contributed by atoms with Crippen LogP contribution in [-0.4, -0.2) is 17.1 Å². The first kappa shape index (κ1) is 15.1. The van der Waals surface area contributed by atoms with Crippen LogP contribution in [0.1, 0.15) is 5.69 Å². The van der Waals surface area contributed by atoms with E-state index in [1.807, 2.05) is 0 Å². The summed E-state index contributed by atoms with van der Waals surface area (Å²) in [4.78, 5) is 7.91. The van der Waals surface area contributed by atoms with Gasteiger partial charge in [0.2, 0.25) is 0 Å². The molecular weight excluding hydrogens is 337 g/mol. The summed E-state index contributed by atoms with van der Waals surface area (Å²) in [5, 5.41) is 2.34. The second kappa shape index (κ2) is 5.40. The molecule has 8 heteroatoms. The fourth-order valence-corrected chi connectivity index (χ4v) is 2.95. The average molecular weight is 345 g/mol. The molecule has 2 aromatic heterocycles. The Morgan fingerprint density at radius 2 is 1.95 bits per heavy atom. The molecule has 3 aromatic rings. The molecule has 3 rings (SSSR count). The molecule has 0 N–H and O–H groups in total. The quantitative estimate of drug-likeness (QED) is 0.653. The summed E-state index contributed by atoms with van der Waals surface area (Å²) in [6, 6.07) is 6.69. The van der Waals surface area contributed by atoms with E-state index in [1.165, 1.54) is 7.11 Å². The van der Waals surface area contributed by atoms with Crippen LogP contribution in [0.15, 0.2) is 29.6 Å². The maximum atomic E-state index is 12.6. The van der Waals surface area contributed by atoms with Gasteiger partial charge >= 0.3 is 6.18 Å². The summed E-state index contributed by atoms with van der Waals surface area (Å²) in [6.07, 6.45) is -4.46. The first-order chi connectivity index (χ1) is 10.4. The van der Waals surface area contributed by atoms with Gasteiger partial charge in [-0.05, 0) is 18.2 Å². The van der Waals surface area contributed by atoms with Crippen molar-refractivity contribution in [2.75, 3.05) is 7.11 Å². The van der Waals surface area contributed by atoms with Crippen molar-refractivity contribution < 1.29 is 17.9 Å². The van der Waals surface area contributed by atoms with Crippen molar-refractivity contribution in [2.45, 2.75) is 6.18 Å². The molecule has 0 amide bonds. The number of pyridine rings is 1. The van der Waals surface area contributed by atoms with Gasteiger partial charge in [0.05, 0.1) is 23.3 Å². The molecule has 1 aromatic carbocycles. The smallest absolute Gasteiger partial charge is 0.434 e. The van der Waals surface area contributed by atoms with E-state index in [0.717, 1.165) is 22.1 Å². The molecule has 0 atom stereocenters. The third kappa shape index (κ3) is 2.74. The van der Waals surface area contributed by atoms with Crippen LogP contribution in [0.2, 0.25) is 5.02 Å². The van der Waals surface area contributed by atoms with E-state index < -0.39 is 11.9 Å². The SMILES string of the molecule is COc1cc2ccc(-c3nc(C(F)(F)F)cs3)nc2cc1Cl. The lowest BCUT2D eigenvalue weighted by atomic mass is 10.2. The maximum Gasteiger partial charge on any atom is 0.434 e. The van der Waals surface area contributed by atoms with Crippen molar-refractivity contribution in [3.05, 3.63) is 40.4 Å². The van der Waals surface area contributed by atoms with Crippen LogP contribution < -0.4 is 4.74 Å². The molecular formula is C14H8ClF3N2OS. The standard InChI is InChI=1S/C14H8ClF3N2OS/c1-21-11-4-7-2-3-9(19-10(7)5-8(11)15)13-20-12(6-22-13)14(16,17)18/h2-6H,1H3. The third-order valence-electron chi connectivity index (χ3n) is 2.98. The first-order valence-electron chi connectivity index (χ1n) is 6.06. The van der Waals surface area contributed by atoms with Crippen LogP contribution >= 0.6 is 22.9 Å². The van der Waals surface area contributed by atoms with Crippen molar-refractivity contribution in [3.63, 3.8) is 0 Å². The normalized spacial score (nSPS) is 11.9. The Balaban J connectivity index is 2.07. The highest BCUT2D eigenvalue weighted by Gasteiger charge is 2.33. The molecule has 0 saturated carbocycles.